The summed E-state index contributed by atoms with van der Waals surface area (Å²) in [5, 5.41) is 9.40. The maximum atomic E-state index is 11.3. The Morgan fingerprint density at radius 3 is 2.12 bits per heavy atom. The van der Waals surface area contributed by atoms with Gasteiger partial charge < -0.3 is 10.1 Å². The monoisotopic (exact) mass is 396 g/mol. The van der Waals surface area contributed by atoms with E-state index in [-0.39, 0.29) is 10.4 Å². The molecule has 2 rings (SSSR count). The van der Waals surface area contributed by atoms with Gasteiger partial charge in [0.1, 0.15) is 12.4 Å². The molecule has 0 heterocycles. The summed E-state index contributed by atoms with van der Waals surface area (Å²) in [6.45, 7) is 5.42. The van der Waals surface area contributed by atoms with E-state index in [9.17, 15) is 8.42 Å². The van der Waals surface area contributed by atoms with Crippen LogP contribution in [0.5, 0.6) is 5.75 Å². The van der Waals surface area contributed by atoms with Crippen LogP contribution in [-0.2, 0) is 15.6 Å². The molecule has 0 aliphatic heterocycles. The predicted octanol–water partition coefficient (Wildman–Crippen LogP) is 3.67. The molecule has 0 unspecified atom stereocenters. The van der Waals surface area contributed by atoms with Gasteiger partial charge in [-0.25, -0.2) is 13.6 Å². The van der Waals surface area contributed by atoms with Gasteiger partial charge in [-0.15, -0.1) is 0 Å². The molecule has 0 atom stereocenters. The second-order valence-corrected chi connectivity index (χ2v) is 8.09. The van der Waals surface area contributed by atoms with Crippen LogP contribution in [0.4, 0.5) is 0 Å². The number of sulfonamides is 1. The summed E-state index contributed by atoms with van der Waals surface area (Å²) in [6, 6.07) is 14.0. The van der Waals surface area contributed by atoms with E-state index in [1.54, 1.807) is 12.1 Å². The highest BCUT2D eigenvalue weighted by Gasteiger charge is 2.27. The Morgan fingerprint density at radius 2 is 1.62 bits per heavy atom. The van der Waals surface area contributed by atoms with Gasteiger partial charge in [0.15, 0.2) is 0 Å². The molecule has 142 valence electrons. The quantitative estimate of drug-likeness (QED) is 0.633. The summed E-state index contributed by atoms with van der Waals surface area (Å²) in [6.07, 6.45) is 1.88. The van der Waals surface area contributed by atoms with E-state index >= 15 is 0 Å². The summed E-state index contributed by atoms with van der Waals surface area (Å²) >= 11 is 6.00. The fourth-order valence-electron chi connectivity index (χ4n) is 2.96. The third-order valence-electron chi connectivity index (χ3n) is 4.59. The Labute approximate surface area is 160 Å². The second kappa shape index (κ2) is 8.86. The average molecular weight is 397 g/mol. The molecule has 0 fully saturated rings. The third kappa shape index (κ3) is 5.20. The van der Waals surface area contributed by atoms with Crippen LogP contribution in [0.25, 0.3) is 0 Å². The normalized spacial score (nSPS) is 12.2. The summed E-state index contributed by atoms with van der Waals surface area (Å²) in [5.74, 6) is 0.601. The number of nitrogens with two attached hydrogens (primary N) is 1. The van der Waals surface area contributed by atoms with Gasteiger partial charge in [0.25, 0.3) is 0 Å². The summed E-state index contributed by atoms with van der Waals surface area (Å²) < 4.78 is 28.2. The van der Waals surface area contributed by atoms with Gasteiger partial charge in [-0.2, -0.15) is 0 Å². The first-order valence-electron chi connectivity index (χ1n) is 8.57. The van der Waals surface area contributed by atoms with Gasteiger partial charge in [-0.05, 0) is 54.8 Å². The molecule has 3 N–H and O–H groups in total. The zero-order valence-electron chi connectivity index (χ0n) is 15.0. The minimum Gasteiger partial charge on any atom is -0.492 e. The molecule has 0 amide bonds. The van der Waals surface area contributed by atoms with Crippen molar-refractivity contribution in [2.75, 3.05) is 13.2 Å². The molecule has 0 bridgehead atoms. The molecule has 0 radical (unpaired) electrons. The highest BCUT2D eigenvalue weighted by molar-refractivity contribution is 7.89. The molecule has 2 aromatic rings. The standard InChI is InChI=1S/C19H25ClN2O3S/c1-3-19(4-2,15-5-7-16(20)8-6-15)22-13-14-25-17-9-11-18(12-10-17)26(21,23)24/h5-12,22H,3-4,13-14H2,1-2H3,(H2,21,23,24). The summed E-state index contributed by atoms with van der Waals surface area (Å²) in [5.41, 5.74) is 1.07. The molecular formula is C19H25ClN2O3S. The highest BCUT2D eigenvalue weighted by Crippen LogP contribution is 2.29. The molecule has 7 heteroatoms. The van der Waals surface area contributed by atoms with E-state index in [1.807, 2.05) is 12.1 Å². The van der Waals surface area contributed by atoms with Crippen LogP contribution in [0.1, 0.15) is 32.3 Å². The highest BCUT2D eigenvalue weighted by atomic mass is 35.5. The minimum atomic E-state index is -3.68. The molecule has 0 saturated carbocycles. The van der Waals surface area contributed by atoms with Crippen LogP contribution in [0, 0.1) is 0 Å². The van der Waals surface area contributed by atoms with E-state index < -0.39 is 10.0 Å². The summed E-state index contributed by atoms with van der Waals surface area (Å²) in [4.78, 5) is 0.0710. The fraction of sp³-hybridized carbons (Fsp3) is 0.368. The van der Waals surface area contributed by atoms with E-state index in [0.29, 0.717) is 18.9 Å². The maximum Gasteiger partial charge on any atom is 0.238 e. The second-order valence-electron chi connectivity index (χ2n) is 6.09. The van der Waals surface area contributed by atoms with Gasteiger partial charge in [0.2, 0.25) is 10.0 Å². The van der Waals surface area contributed by atoms with Crippen molar-refractivity contribution in [2.45, 2.75) is 37.1 Å². The van der Waals surface area contributed by atoms with E-state index in [4.69, 9.17) is 21.5 Å². The molecule has 0 aromatic heterocycles. The lowest BCUT2D eigenvalue weighted by Crippen LogP contribution is -2.43. The number of benzene rings is 2. The number of nitrogens with one attached hydrogen (secondary N) is 1. The summed E-state index contributed by atoms with van der Waals surface area (Å²) in [7, 11) is -3.68. The lowest BCUT2D eigenvalue weighted by atomic mass is 9.84. The van der Waals surface area contributed by atoms with Crippen molar-refractivity contribution in [2.24, 2.45) is 5.14 Å². The number of halogens is 1. The SMILES string of the molecule is CCC(CC)(NCCOc1ccc(S(N)(=O)=O)cc1)c1ccc(Cl)cc1. The van der Waals surface area contributed by atoms with Gasteiger partial charge >= 0.3 is 0 Å². The number of hydrogen-bond acceptors (Lipinski definition) is 4. The molecule has 5 nitrogen and oxygen atoms in total. The topological polar surface area (TPSA) is 81.4 Å². The molecular weight excluding hydrogens is 372 g/mol. The lowest BCUT2D eigenvalue weighted by Gasteiger charge is -2.34. The first-order valence-corrected chi connectivity index (χ1v) is 10.5. The number of ether oxygens (including phenoxy) is 1. The Bertz CT molecular complexity index is 802. The molecule has 0 spiro atoms. The van der Waals surface area contributed by atoms with Crippen molar-refractivity contribution in [3.63, 3.8) is 0 Å². The average Bonchev–Trinajstić information content (AvgIpc) is 2.63. The van der Waals surface area contributed by atoms with Crippen LogP contribution in [0.15, 0.2) is 53.4 Å². The Balaban J connectivity index is 1.95. The van der Waals surface area contributed by atoms with Crippen molar-refractivity contribution in [1.82, 2.24) is 5.32 Å². The Kier molecular flexibility index (Phi) is 7.06. The van der Waals surface area contributed by atoms with Crippen LogP contribution < -0.4 is 15.2 Å². The first-order chi connectivity index (χ1) is 12.3. The fourth-order valence-corrected chi connectivity index (χ4v) is 3.61. The first kappa shape index (κ1) is 20.7. The maximum absolute atomic E-state index is 11.3. The largest absolute Gasteiger partial charge is 0.492 e. The van der Waals surface area contributed by atoms with Gasteiger partial charge in [0, 0.05) is 17.1 Å². The van der Waals surface area contributed by atoms with Crippen LogP contribution in [0.3, 0.4) is 0 Å². The molecule has 26 heavy (non-hydrogen) atoms. The van der Waals surface area contributed by atoms with Crippen LogP contribution in [0.2, 0.25) is 5.02 Å². The molecule has 0 aliphatic rings. The zero-order valence-corrected chi connectivity index (χ0v) is 16.6. The third-order valence-corrected chi connectivity index (χ3v) is 5.77. The van der Waals surface area contributed by atoms with Gasteiger partial charge in [0.05, 0.1) is 4.90 Å². The molecule has 0 aliphatic carbocycles. The van der Waals surface area contributed by atoms with Crippen molar-refractivity contribution in [1.29, 1.82) is 0 Å². The number of hydrogen-bond donors (Lipinski definition) is 2. The van der Waals surface area contributed by atoms with E-state index in [1.165, 1.54) is 17.7 Å². The number of primary sulfonamides is 1. The molecule has 0 saturated heterocycles. The van der Waals surface area contributed by atoms with Crippen molar-refractivity contribution < 1.29 is 13.2 Å². The van der Waals surface area contributed by atoms with E-state index in [2.05, 4.69) is 31.3 Å². The lowest BCUT2D eigenvalue weighted by molar-refractivity contribution is 0.255. The molecule has 2 aromatic carbocycles. The smallest absolute Gasteiger partial charge is 0.238 e. The number of rotatable bonds is 9. The van der Waals surface area contributed by atoms with Crippen LogP contribution >= 0.6 is 11.6 Å². The van der Waals surface area contributed by atoms with Gasteiger partial charge in [-0.1, -0.05) is 37.6 Å². The van der Waals surface area contributed by atoms with Crippen molar-refractivity contribution in [3.05, 3.63) is 59.1 Å². The Morgan fingerprint density at radius 1 is 1.04 bits per heavy atom. The van der Waals surface area contributed by atoms with Crippen molar-refractivity contribution in [3.8, 4) is 5.75 Å². The van der Waals surface area contributed by atoms with Gasteiger partial charge in [-0.3, -0.25) is 0 Å². The van der Waals surface area contributed by atoms with Crippen LogP contribution in [-0.4, -0.2) is 21.6 Å². The zero-order chi connectivity index (χ0) is 19.2. The Hall–Kier alpha value is -1.60. The van der Waals surface area contributed by atoms with Crippen molar-refractivity contribution >= 4 is 21.6 Å². The minimum absolute atomic E-state index is 0.0710. The predicted molar refractivity (Wildman–Crippen MR) is 105 cm³/mol. The van der Waals surface area contributed by atoms with E-state index in [0.717, 1.165) is 17.9 Å².